The SMILES string of the molecule is CC(C)OP(=O)(COCCOn1cnc2c(N)ncnc21)OC(C)C. The molecular formula is C14H24N5O5P. The molecule has 2 N–H and O–H groups in total. The Kier molecular flexibility index (Phi) is 6.71. The van der Waals surface area contributed by atoms with Crippen LogP contribution in [0.5, 0.6) is 0 Å². The number of nitrogen functional groups attached to an aromatic ring is 1. The number of rotatable bonds is 10. The summed E-state index contributed by atoms with van der Waals surface area (Å²) in [6.45, 7) is 7.54. The fraction of sp³-hybridized carbons (Fsp3) is 0.643. The van der Waals surface area contributed by atoms with E-state index in [9.17, 15) is 4.57 Å². The number of hydrogen-bond acceptors (Lipinski definition) is 9. The van der Waals surface area contributed by atoms with E-state index >= 15 is 0 Å². The molecular weight excluding hydrogens is 349 g/mol. The molecule has 0 aromatic carbocycles. The molecule has 0 bridgehead atoms. The molecule has 0 fully saturated rings. The molecule has 0 aliphatic rings. The maximum Gasteiger partial charge on any atom is 0.356 e. The molecule has 2 rings (SSSR count). The Balaban J connectivity index is 1.83. The van der Waals surface area contributed by atoms with E-state index in [1.165, 1.54) is 17.4 Å². The summed E-state index contributed by atoms with van der Waals surface area (Å²) in [7, 11) is -3.31. The molecule has 0 aliphatic heterocycles. The quantitative estimate of drug-likeness (QED) is 0.491. The van der Waals surface area contributed by atoms with Gasteiger partial charge in [0, 0.05) is 0 Å². The average molecular weight is 373 g/mol. The molecule has 0 spiro atoms. The van der Waals surface area contributed by atoms with Crippen molar-refractivity contribution in [2.75, 3.05) is 25.3 Å². The molecule has 0 saturated carbocycles. The Morgan fingerprint density at radius 1 is 1.12 bits per heavy atom. The van der Waals surface area contributed by atoms with Crippen molar-refractivity contribution in [2.45, 2.75) is 39.9 Å². The highest BCUT2D eigenvalue weighted by atomic mass is 31.2. The van der Waals surface area contributed by atoms with E-state index in [2.05, 4.69) is 15.0 Å². The Labute approximate surface area is 146 Å². The standard InChI is InChI=1S/C14H24N5O5P/c1-10(2)23-25(20,24-11(3)4)9-21-5-6-22-19-8-18-12-13(15)16-7-17-14(12)19/h7-8,10-11H,5-6,9H2,1-4H3,(H2,15,16,17). The van der Waals surface area contributed by atoms with Crippen molar-refractivity contribution < 1.29 is 23.2 Å². The monoisotopic (exact) mass is 373 g/mol. The molecule has 0 aliphatic carbocycles. The van der Waals surface area contributed by atoms with Crippen LogP contribution in [0.1, 0.15) is 27.7 Å². The lowest BCUT2D eigenvalue weighted by atomic mass is 10.5. The van der Waals surface area contributed by atoms with Gasteiger partial charge in [-0.25, -0.2) is 15.0 Å². The van der Waals surface area contributed by atoms with Crippen LogP contribution in [0, 0.1) is 0 Å². The third-order valence-corrected chi connectivity index (χ3v) is 4.77. The van der Waals surface area contributed by atoms with Crippen molar-refractivity contribution in [1.29, 1.82) is 0 Å². The summed E-state index contributed by atoms with van der Waals surface area (Å²) in [5.41, 5.74) is 6.63. The van der Waals surface area contributed by atoms with E-state index in [0.717, 1.165) is 0 Å². The van der Waals surface area contributed by atoms with E-state index in [1.54, 1.807) is 27.7 Å². The second-order valence-corrected chi connectivity index (χ2v) is 7.69. The summed E-state index contributed by atoms with van der Waals surface area (Å²) in [5.74, 6) is 0.279. The molecule has 11 heteroatoms. The molecule has 2 heterocycles. The van der Waals surface area contributed by atoms with Crippen molar-refractivity contribution >= 4 is 24.6 Å². The number of fused-ring (bicyclic) bond motifs is 1. The maximum absolute atomic E-state index is 12.6. The fourth-order valence-corrected chi connectivity index (χ4v) is 3.84. The average Bonchev–Trinajstić information content (AvgIpc) is 2.90. The van der Waals surface area contributed by atoms with Gasteiger partial charge in [-0.15, -0.1) is 0 Å². The molecule has 2 aromatic heterocycles. The maximum atomic E-state index is 12.6. The van der Waals surface area contributed by atoms with Crippen LogP contribution in [0.2, 0.25) is 0 Å². The van der Waals surface area contributed by atoms with Gasteiger partial charge in [-0.2, -0.15) is 4.73 Å². The lowest BCUT2D eigenvalue weighted by molar-refractivity contribution is 0.0438. The molecule has 2 aromatic rings. The number of imidazole rings is 1. The first kappa shape index (κ1) is 19.6. The normalized spacial score (nSPS) is 12.4. The first-order valence-corrected chi connectivity index (χ1v) is 9.64. The lowest BCUT2D eigenvalue weighted by Crippen LogP contribution is -2.18. The van der Waals surface area contributed by atoms with Gasteiger partial charge in [0.1, 0.15) is 25.6 Å². The third-order valence-electron chi connectivity index (χ3n) is 2.78. The van der Waals surface area contributed by atoms with Crippen molar-refractivity contribution in [3.05, 3.63) is 12.7 Å². The molecule has 0 saturated heterocycles. The predicted molar refractivity (Wildman–Crippen MR) is 92.0 cm³/mol. The number of nitrogens with zero attached hydrogens (tertiary/aromatic N) is 4. The second-order valence-electron chi connectivity index (χ2n) is 5.79. The molecule has 0 atom stereocenters. The zero-order valence-corrected chi connectivity index (χ0v) is 15.7. The summed E-state index contributed by atoms with van der Waals surface area (Å²) in [5, 5.41) is 0. The smallest absolute Gasteiger partial charge is 0.356 e. The fourth-order valence-electron chi connectivity index (χ4n) is 2.03. The lowest BCUT2D eigenvalue weighted by Gasteiger charge is -2.22. The number of aromatic nitrogens is 4. The molecule has 140 valence electrons. The third kappa shape index (κ3) is 5.64. The highest BCUT2D eigenvalue weighted by Crippen LogP contribution is 2.50. The molecule has 10 nitrogen and oxygen atoms in total. The Bertz CT molecular complexity index is 721. The first-order valence-electron chi connectivity index (χ1n) is 7.91. The van der Waals surface area contributed by atoms with Gasteiger partial charge < -0.3 is 24.4 Å². The van der Waals surface area contributed by atoms with Crippen LogP contribution < -0.4 is 10.6 Å². The number of nitrogens with two attached hydrogens (primary N) is 1. The van der Waals surface area contributed by atoms with E-state index in [0.29, 0.717) is 11.2 Å². The topological polar surface area (TPSA) is 124 Å². The highest BCUT2D eigenvalue weighted by Gasteiger charge is 2.28. The Hall–Kier alpha value is -1.74. The zero-order valence-electron chi connectivity index (χ0n) is 14.8. The Morgan fingerprint density at radius 2 is 1.80 bits per heavy atom. The number of anilines is 1. The summed E-state index contributed by atoms with van der Waals surface area (Å²) >= 11 is 0. The number of ether oxygens (including phenoxy) is 1. The van der Waals surface area contributed by atoms with Gasteiger partial charge in [0.05, 0.1) is 18.8 Å². The van der Waals surface area contributed by atoms with Crippen LogP contribution in [0.4, 0.5) is 5.82 Å². The van der Waals surface area contributed by atoms with Gasteiger partial charge in [-0.3, -0.25) is 4.57 Å². The van der Waals surface area contributed by atoms with E-state index in [1.807, 2.05) is 0 Å². The van der Waals surface area contributed by atoms with Crippen LogP contribution in [0.25, 0.3) is 11.2 Å². The van der Waals surface area contributed by atoms with Crippen molar-refractivity contribution in [3.8, 4) is 0 Å². The van der Waals surface area contributed by atoms with Crippen LogP contribution >= 0.6 is 7.60 Å². The zero-order chi connectivity index (χ0) is 18.4. The summed E-state index contributed by atoms with van der Waals surface area (Å²) in [6, 6.07) is 0. The van der Waals surface area contributed by atoms with Gasteiger partial charge in [-0.05, 0) is 27.7 Å². The highest BCUT2D eigenvalue weighted by molar-refractivity contribution is 7.53. The summed E-state index contributed by atoms with van der Waals surface area (Å²) < 4.78 is 30.2. The molecule has 25 heavy (non-hydrogen) atoms. The van der Waals surface area contributed by atoms with Gasteiger partial charge >= 0.3 is 7.60 Å². The van der Waals surface area contributed by atoms with E-state index in [-0.39, 0.29) is 37.6 Å². The van der Waals surface area contributed by atoms with Crippen molar-refractivity contribution in [1.82, 2.24) is 19.7 Å². The van der Waals surface area contributed by atoms with Gasteiger partial charge in [0.2, 0.25) is 5.65 Å². The summed E-state index contributed by atoms with van der Waals surface area (Å²) in [4.78, 5) is 17.5. The first-order chi connectivity index (χ1) is 11.8. The van der Waals surface area contributed by atoms with Crippen molar-refractivity contribution in [3.63, 3.8) is 0 Å². The molecule has 0 amide bonds. The number of hydrogen-bond donors (Lipinski definition) is 1. The van der Waals surface area contributed by atoms with E-state index in [4.69, 9.17) is 24.4 Å². The van der Waals surface area contributed by atoms with Crippen LogP contribution in [-0.4, -0.2) is 51.5 Å². The minimum atomic E-state index is -3.31. The predicted octanol–water partition coefficient (Wildman–Crippen LogP) is 1.85. The molecule has 0 radical (unpaired) electrons. The van der Waals surface area contributed by atoms with E-state index < -0.39 is 7.60 Å². The summed E-state index contributed by atoms with van der Waals surface area (Å²) in [6.07, 6.45) is 2.17. The van der Waals surface area contributed by atoms with Gasteiger partial charge in [0.15, 0.2) is 11.3 Å². The molecule has 0 unspecified atom stereocenters. The largest absolute Gasteiger partial charge is 0.408 e. The second kappa shape index (κ2) is 8.57. The minimum Gasteiger partial charge on any atom is -0.408 e. The van der Waals surface area contributed by atoms with Crippen LogP contribution in [-0.2, 0) is 18.3 Å². The van der Waals surface area contributed by atoms with Crippen LogP contribution in [0.3, 0.4) is 0 Å². The van der Waals surface area contributed by atoms with Crippen molar-refractivity contribution in [2.24, 2.45) is 0 Å². The van der Waals surface area contributed by atoms with Gasteiger partial charge in [-0.1, -0.05) is 0 Å². The van der Waals surface area contributed by atoms with Crippen LogP contribution in [0.15, 0.2) is 12.7 Å². The Morgan fingerprint density at radius 3 is 2.44 bits per heavy atom. The van der Waals surface area contributed by atoms with Gasteiger partial charge in [0.25, 0.3) is 0 Å². The minimum absolute atomic E-state index is 0.146.